The topological polar surface area (TPSA) is 47.9 Å². The van der Waals surface area contributed by atoms with Crippen LogP contribution < -0.4 is 9.47 Å². The first-order chi connectivity index (χ1) is 11.7. The van der Waals surface area contributed by atoms with Gasteiger partial charge in [-0.15, -0.1) is 0 Å². The third-order valence-electron chi connectivity index (χ3n) is 3.93. The van der Waals surface area contributed by atoms with Crippen molar-refractivity contribution in [3.63, 3.8) is 0 Å². The smallest absolute Gasteiger partial charge is 0.161 e. The number of hydrogen-bond donors (Lipinski definition) is 1. The number of ether oxygens (including phenoxy) is 3. The minimum Gasteiger partial charge on any atom is -0.493 e. The first-order valence-corrected chi connectivity index (χ1v) is 8.26. The van der Waals surface area contributed by atoms with E-state index in [1.165, 1.54) is 0 Å². The van der Waals surface area contributed by atoms with E-state index >= 15 is 0 Å². The van der Waals surface area contributed by atoms with Gasteiger partial charge in [0.1, 0.15) is 6.10 Å². The monoisotopic (exact) mass is 330 g/mol. The summed E-state index contributed by atoms with van der Waals surface area (Å²) in [6.07, 6.45) is 1.51. The Morgan fingerprint density at radius 2 is 1.58 bits per heavy atom. The van der Waals surface area contributed by atoms with Crippen LogP contribution in [0.25, 0.3) is 0 Å². The quantitative estimate of drug-likeness (QED) is 0.703. The second kappa shape index (κ2) is 9.30. The molecule has 0 spiro atoms. The molecule has 4 nitrogen and oxygen atoms in total. The normalized spacial score (nSPS) is 12.0. The van der Waals surface area contributed by atoms with Gasteiger partial charge in [-0.05, 0) is 35.2 Å². The Morgan fingerprint density at radius 1 is 0.917 bits per heavy atom. The van der Waals surface area contributed by atoms with Gasteiger partial charge in [0.2, 0.25) is 0 Å². The lowest BCUT2D eigenvalue weighted by Gasteiger charge is -2.15. The summed E-state index contributed by atoms with van der Waals surface area (Å²) in [6, 6.07) is 13.3. The number of aliphatic hydroxyl groups excluding tert-OH is 1. The van der Waals surface area contributed by atoms with Gasteiger partial charge in [-0.1, -0.05) is 43.7 Å². The Bertz CT molecular complexity index is 622. The van der Waals surface area contributed by atoms with Crippen LogP contribution >= 0.6 is 0 Å². The van der Waals surface area contributed by atoms with Gasteiger partial charge in [0.05, 0.1) is 20.8 Å². The highest BCUT2D eigenvalue weighted by Crippen LogP contribution is 2.32. The Labute approximate surface area is 144 Å². The molecule has 2 aromatic carbocycles. The van der Waals surface area contributed by atoms with Crippen LogP contribution in [0.5, 0.6) is 11.5 Å². The second-order valence-electron chi connectivity index (χ2n) is 5.66. The SMILES string of the molecule is CCCCOCc1ccc(C(O)c2ccc(OC)c(OC)c2)cc1. The zero-order valence-electron chi connectivity index (χ0n) is 14.6. The Morgan fingerprint density at radius 3 is 2.21 bits per heavy atom. The van der Waals surface area contributed by atoms with Crippen molar-refractivity contribution in [2.45, 2.75) is 32.5 Å². The summed E-state index contributed by atoms with van der Waals surface area (Å²) in [6.45, 7) is 3.53. The van der Waals surface area contributed by atoms with Crippen molar-refractivity contribution in [3.05, 3.63) is 59.2 Å². The molecule has 0 aliphatic heterocycles. The van der Waals surface area contributed by atoms with Crippen LogP contribution in [0, 0.1) is 0 Å². The Kier molecular flexibility index (Phi) is 7.09. The minimum atomic E-state index is -0.708. The molecule has 1 atom stereocenters. The molecule has 1 unspecified atom stereocenters. The molecule has 0 saturated carbocycles. The van der Waals surface area contributed by atoms with E-state index < -0.39 is 6.10 Å². The molecule has 24 heavy (non-hydrogen) atoms. The number of benzene rings is 2. The minimum absolute atomic E-state index is 0.604. The highest BCUT2D eigenvalue weighted by molar-refractivity contribution is 5.45. The van der Waals surface area contributed by atoms with Gasteiger partial charge in [0, 0.05) is 6.61 Å². The molecular weight excluding hydrogens is 304 g/mol. The molecule has 0 saturated heterocycles. The molecule has 0 aliphatic carbocycles. The summed E-state index contributed by atoms with van der Waals surface area (Å²) in [5.41, 5.74) is 2.70. The predicted octanol–water partition coefficient (Wildman–Crippen LogP) is 4.10. The van der Waals surface area contributed by atoms with Crippen molar-refractivity contribution in [1.29, 1.82) is 0 Å². The summed E-state index contributed by atoms with van der Waals surface area (Å²) in [5.74, 6) is 1.25. The maximum atomic E-state index is 10.6. The van der Waals surface area contributed by atoms with Gasteiger partial charge in [-0.25, -0.2) is 0 Å². The summed E-state index contributed by atoms with van der Waals surface area (Å²) >= 11 is 0. The van der Waals surface area contributed by atoms with Gasteiger partial charge in [0.25, 0.3) is 0 Å². The maximum absolute atomic E-state index is 10.6. The molecule has 0 radical (unpaired) electrons. The highest BCUT2D eigenvalue weighted by atomic mass is 16.5. The third-order valence-corrected chi connectivity index (χ3v) is 3.93. The van der Waals surface area contributed by atoms with E-state index in [0.717, 1.165) is 36.1 Å². The van der Waals surface area contributed by atoms with Crippen molar-refractivity contribution in [2.75, 3.05) is 20.8 Å². The molecule has 4 heteroatoms. The average molecular weight is 330 g/mol. The molecule has 2 rings (SSSR count). The van der Waals surface area contributed by atoms with Gasteiger partial charge in [0.15, 0.2) is 11.5 Å². The van der Waals surface area contributed by atoms with Crippen LogP contribution in [0.4, 0.5) is 0 Å². The van der Waals surface area contributed by atoms with Gasteiger partial charge in [-0.3, -0.25) is 0 Å². The zero-order chi connectivity index (χ0) is 17.4. The van der Waals surface area contributed by atoms with E-state index in [1.807, 2.05) is 30.3 Å². The number of methoxy groups -OCH3 is 2. The van der Waals surface area contributed by atoms with Gasteiger partial charge in [-0.2, -0.15) is 0 Å². The first-order valence-electron chi connectivity index (χ1n) is 8.26. The standard InChI is InChI=1S/C20H26O4/c1-4-5-12-24-14-15-6-8-16(9-7-15)20(21)17-10-11-18(22-2)19(13-17)23-3/h6-11,13,20-21H,4-5,12,14H2,1-3H3. The molecule has 0 aromatic heterocycles. The number of aliphatic hydroxyl groups is 1. The van der Waals surface area contributed by atoms with E-state index in [0.29, 0.717) is 18.1 Å². The van der Waals surface area contributed by atoms with E-state index in [9.17, 15) is 5.11 Å². The maximum Gasteiger partial charge on any atom is 0.161 e. The van der Waals surface area contributed by atoms with E-state index in [2.05, 4.69) is 6.92 Å². The molecule has 0 fully saturated rings. The lowest BCUT2D eigenvalue weighted by Crippen LogP contribution is -2.02. The van der Waals surface area contributed by atoms with Crippen LogP contribution in [0.1, 0.15) is 42.6 Å². The van der Waals surface area contributed by atoms with Crippen molar-refractivity contribution in [2.24, 2.45) is 0 Å². The summed E-state index contributed by atoms with van der Waals surface area (Å²) in [7, 11) is 3.18. The molecule has 0 aliphatic rings. The molecule has 0 bridgehead atoms. The molecular formula is C20H26O4. The predicted molar refractivity (Wildman–Crippen MR) is 94.6 cm³/mol. The van der Waals surface area contributed by atoms with Crippen molar-refractivity contribution in [1.82, 2.24) is 0 Å². The number of hydrogen-bond acceptors (Lipinski definition) is 4. The molecule has 0 heterocycles. The number of unbranched alkanes of at least 4 members (excludes halogenated alkanes) is 1. The van der Waals surface area contributed by atoms with Crippen LogP contribution in [-0.4, -0.2) is 25.9 Å². The molecule has 130 valence electrons. The van der Waals surface area contributed by atoms with Crippen LogP contribution in [-0.2, 0) is 11.3 Å². The zero-order valence-corrected chi connectivity index (χ0v) is 14.6. The third kappa shape index (κ3) is 4.73. The van der Waals surface area contributed by atoms with Crippen molar-refractivity contribution >= 4 is 0 Å². The van der Waals surface area contributed by atoms with Crippen molar-refractivity contribution < 1.29 is 19.3 Å². The second-order valence-corrected chi connectivity index (χ2v) is 5.66. The molecule has 1 N–H and O–H groups in total. The largest absolute Gasteiger partial charge is 0.493 e. The van der Waals surface area contributed by atoms with Crippen LogP contribution in [0.2, 0.25) is 0 Å². The Hall–Kier alpha value is -2.04. The lowest BCUT2D eigenvalue weighted by molar-refractivity contribution is 0.118. The summed E-state index contributed by atoms with van der Waals surface area (Å²) in [4.78, 5) is 0. The van der Waals surface area contributed by atoms with Crippen LogP contribution in [0.15, 0.2) is 42.5 Å². The summed E-state index contributed by atoms with van der Waals surface area (Å²) < 4.78 is 16.1. The lowest BCUT2D eigenvalue weighted by atomic mass is 10.00. The van der Waals surface area contributed by atoms with Crippen LogP contribution in [0.3, 0.4) is 0 Å². The first kappa shape index (κ1) is 18.3. The van der Waals surface area contributed by atoms with Crippen molar-refractivity contribution in [3.8, 4) is 11.5 Å². The Balaban J connectivity index is 2.05. The highest BCUT2D eigenvalue weighted by Gasteiger charge is 2.13. The number of rotatable bonds is 9. The fraction of sp³-hybridized carbons (Fsp3) is 0.400. The van der Waals surface area contributed by atoms with Gasteiger partial charge < -0.3 is 19.3 Å². The molecule has 2 aromatic rings. The van der Waals surface area contributed by atoms with Gasteiger partial charge >= 0.3 is 0 Å². The van der Waals surface area contributed by atoms with E-state index in [4.69, 9.17) is 14.2 Å². The van der Waals surface area contributed by atoms with E-state index in [1.54, 1.807) is 26.4 Å². The molecule has 0 amide bonds. The summed E-state index contributed by atoms with van der Waals surface area (Å²) in [5, 5.41) is 10.6. The fourth-order valence-corrected chi connectivity index (χ4v) is 2.45. The average Bonchev–Trinajstić information content (AvgIpc) is 2.64. The van der Waals surface area contributed by atoms with E-state index in [-0.39, 0.29) is 0 Å². The fourth-order valence-electron chi connectivity index (χ4n) is 2.45.